The highest BCUT2D eigenvalue weighted by atomic mass is 16.1. The van der Waals surface area contributed by atoms with Crippen LogP contribution in [0.15, 0.2) is 24.5 Å². The van der Waals surface area contributed by atoms with Gasteiger partial charge < -0.3 is 10.5 Å². The highest BCUT2D eigenvalue weighted by molar-refractivity contribution is 5.60. The summed E-state index contributed by atoms with van der Waals surface area (Å²) in [5, 5.41) is 0. The van der Waals surface area contributed by atoms with Crippen LogP contribution in [-0.2, 0) is 4.79 Å². The summed E-state index contributed by atoms with van der Waals surface area (Å²) in [6, 6.07) is 2.98. The molecule has 0 bridgehead atoms. The Labute approximate surface area is 58.9 Å². The smallest absolute Gasteiger partial charge is 0.141 e. The molecule has 52 valence electrons. The van der Waals surface area contributed by atoms with Gasteiger partial charge in [-0.05, 0) is 11.6 Å². The normalized spacial score (nSPS) is 12.5. The lowest BCUT2D eigenvalue weighted by Crippen LogP contribution is -2.10. The van der Waals surface area contributed by atoms with Crippen LogP contribution in [0.2, 0.25) is 0 Å². The number of pyridine rings is 1. The summed E-state index contributed by atoms with van der Waals surface area (Å²) in [6.07, 6.45) is 3.91. The maximum atomic E-state index is 10.2. The number of hydrogen-bond donors (Lipinski definition) is 1. The zero-order valence-electron chi connectivity index (χ0n) is 5.40. The first-order chi connectivity index (χ1) is 4.84. The van der Waals surface area contributed by atoms with Crippen molar-refractivity contribution in [3.05, 3.63) is 30.1 Å². The Morgan fingerprint density at radius 1 is 1.70 bits per heavy atom. The molecule has 0 aliphatic heterocycles. The minimum atomic E-state index is -0.534. The molecule has 0 aliphatic rings. The van der Waals surface area contributed by atoms with Gasteiger partial charge in [-0.3, -0.25) is 4.98 Å². The molecule has 1 unspecified atom stereocenters. The van der Waals surface area contributed by atoms with Crippen LogP contribution in [0, 0.1) is 0 Å². The number of carbonyl (C=O) groups excluding carboxylic acids is 1. The van der Waals surface area contributed by atoms with Gasteiger partial charge in [0.15, 0.2) is 0 Å². The SMILES string of the molecule is NC(C=O)c1cccnc1. The summed E-state index contributed by atoms with van der Waals surface area (Å²) in [6.45, 7) is 0. The van der Waals surface area contributed by atoms with Crippen LogP contribution in [0.25, 0.3) is 0 Å². The van der Waals surface area contributed by atoms with Crippen LogP contribution >= 0.6 is 0 Å². The second-order valence-corrected chi connectivity index (χ2v) is 1.95. The van der Waals surface area contributed by atoms with Crippen LogP contribution in [0.3, 0.4) is 0 Å². The van der Waals surface area contributed by atoms with Gasteiger partial charge in [-0.15, -0.1) is 0 Å². The lowest BCUT2D eigenvalue weighted by molar-refractivity contribution is -0.109. The summed E-state index contributed by atoms with van der Waals surface area (Å²) < 4.78 is 0. The van der Waals surface area contributed by atoms with Crippen LogP contribution in [0.1, 0.15) is 11.6 Å². The standard InChI is InChI=1S/C7H8N2O/c8-7(5-10)6-2-1-3-9-4-6/h1-5,7H,8H2. The Morgan fingerprint density at radius 3 is 3.00 bits per heavy atom. The number of nitrogens with zero attached hydrogens (tertiary/aromatic N) is 1. The zero-order valence-corrected chi connectivity index (χ0v) is 5.40. The summed E-state index contributed by atoms with van der Waals surface area (Å²) in [5.41, 5.74) is 6.13. The van der Waals surface area contributed by atoms with Gasteiger partial charge in [0.25, 0.3) is 0 Å². The number of rotatable bonds is 2. The number of aldehydes is 1. The second kappa shape index (κ2) is 3.08. The van der Waals surface area contributed by atoms with Gasteiger partial charge in [-0.25, -0.2) is 0 Å². The Morgan fingerprint density at radius 2 is 2.50 bits per heavy atom. The number of aromatic nitrogens is 1. The van der Waals surface area contributed by atoms with E-state index >= 15 is 0 Å². The molecular formula is C7H8N2O. The number of hydrogen-bond acceptors (Lipinski definition) is 3. The first-order valence-corrected chi connectivity index (χ1v) is 2.95. The lowest BCUT2D eigenvalue weighted by Gasteiger charge is -2.00. The lowest BCUT2D eigenvalue weighted by atomic mass is 10.1. The van der Waals surface area contributed by atoms with Gasteiger partial charge in [0, 0.05) is 12.4 Å². The third kappa shape index (κ3) is 1.39. The van der Waals surface area contributed by atoms with E-state index in [4.69, 9.17) is 5.73 Å². The largest absolute Gasteiger partial charge is 0.318 e. The predicted molar refractivity (Wildman–Crippen MR) is 37.2 cm³/mol. The van der Waals surface area contributed by atoms with Crippen LogP contribution in [0.5, 0.6) is 0 Å². The molecule has 0 saturated heterocycles. The van der Waals surface area contributed by atoms with Gasteiger partial charge in [-0.1, -0.05) is 6.07 Å². The van der Waals surface area contributed by atoms with Crippen molar-refractivity contribution < 1.29 is 4.79 Å². The average Bonchev–Trinajstić information content (AvgIpc) is 2.05. The van der Waals surface area contributed by atoms with E-state index in [1.807, 2.05) is 0 Å². The third-order valence-electron chi connectivity index (χ3n) is 1.22. The molecule has 0 aromatic carbocycles. The van der Waals surface area contributed by atoms with E-state index in [2.05, 4.69) is 4.98 Å². The minimum absolute atomic E-state index is 0.534. The molecule has 1 rings (SSSR count). The van der Waals surface area contributed by atoms with Crippen molar-refractivity contribution in [1.29, 1.82) is 0 Å². The second-order valence-electron chi connectivity index (χ2n) is 1.95. The quantitative estimate of drug-likeness (QED) is 0.594. The Kier molecular flexibility index (Phi) is 2.12. The molecule has 0 aliphatic carbocycles. The van der Waals surface area contributed by atoms with Gasteiger partial charge in [0.2, 0.25) is 0 Å². The van der Waals surface area contributed by atoms with Gasteiger partial charge >= 0.3 is 0 Å². The maximum absolute atomic E-state index is 10.2. The minimum Gasteiger partial charge on any atom is -0.318 e. The van der Waals surface area contributed by atoms with Crippen molar-refractivity contribution in [2.75, 3.05) is 0 Å². The van der Waals surface area contributed by atoms with Crippen molar-refractivity contribution in [1.82, 2.24) is 4.98 Å². The summed E-state index contributed by atoms with van der Waals surface area (Å²) in [5.74, 6) is 0. The molecule has 1 atom stereocenters. The van der Waals surface area contributed by atoms with E-state index in [1.165, 1.54) is 0 Å². The van der Waals surface area contributed by atoms with Gasteiger partial charge in [-0.2, -0.15) is 0 Å². The summed E-state index contributed by atoms with van der Waals surface area (Å²) in [7, 11) is 0. The highest BCUT2D eigenvalue weighted by Gasteiger charge is 2.00. The van der Waals surface area contributed by atoms with E-state index in [1.54, 1.807) is 24.5 Å². The van der Waals surface area contributed by atoms with Crippen LogP contribution in [0.4, 0.5) is 0 Å². The van der Waals surface area contributed by atoms with E-state index < -0.39 is 6.04 Å². The Hall–Kier alpha value is -1.22. The molecule has 0 radical (unpaired) electrons. The first-order valence-electron chi connectivity index (χ1n) is 2.95. The zero-order chi connectivity index (χ0) is 7.40. The first kappa shape index (κ1) is 6.89. The molecule has 0 amide bonds. The molecule has 0 fully saturated rings. The highest BCUT2D eigenvalue weighted by Crippen LogP contribution is 2.03. The van der Waals surface area contributed by atoms with E-state index in [9.17, 15) is 4.79 Å². The molecule has 2 N–H and O–H groups in total. The fourth-order valence-corrected chi connectivity index (χ4v) is 0.652. The molecule has 3 nitrogen and oxygen atoms in total. The Balaban J connectivity index is 2.84. The number of carbonyl (C=O) groups is 1. The van der Waals surface area contributed by atoms with Crippen molar-refractivity contribution in [3.63, 3.8) is 0 Å². The van der Waals surface area contributed by atoms with Crippen molar-refractivity contribution in [3.8, 4) is 0 Å². The molecule has 0 saturated carbocycles. The molecule has 3 heteroatoms. The molecule has 1 heterocycles. The summed E-state index contributed by atoms with van der Waals surface area (Å²) >= 11 is 0. The van der Waals surface area contributed by atoms with Crippen LogP contribution < -0.4 is 5.73 Å². The summed E-state index contributed by atoms with van der Waals surface area (Å²) in [4.78, 5) is 14.0. The molecule has 0 spiro atoms. The van der Waals surface area contributed by atoms with Gasteiger partial charge in [0.1, 0.15) is 6.29 Å². The van der Waals surface area contributed by atoms with E-state index in [-0.39, 0.29) is 0 Å². The monoisotopic (exact) mass is 136 g/mol. The number of nitrogens with two attached hydrogens (primary N) is 1. The van der Waals surface area contributed by atoms with E-state index in [0.29, 0.717) is 6.29 Å². The average molecular weight is 136 g/mol. The fourth-order valence-electron chi connectivity index (χ4n) is 0.652. The van der Waals surface area contributed by atoms with Gasteiger partial charge in [0.05, 0.1) is 6.04 Å². The van der Waals surface area contributed by atoms with Crippen molar-refractivity contribution in [2.45, 2.75) is 6.04 Å². The van der Waals surface area contributed by atoms with E-state index in [0.717, 1.165) is 5.56 Å². The molecule has 10 heavy (non-hydrogen) atoms. The maximum Gasteiger partial charge on any atom is 0.141 e. The molecule has 1 aromatic heterocycles. The topological polar surface area (TPSA) is 56.0 Å². The van der Waals surface area contributed by atoms with Crippen molar-refractivity contribution >= 4 is 6.29 Å². The molecule has 1 aromatic rings. The predicted octanol–water partition coefficient (Wildman–Crippen LogP) is 0.280. The van der Waals surface area contributed by atoms with Crippen molar-refractivity contribution in [2.24, 2.45) is 5.73 Å². The Bertz CT molecular complexity index is 210. The fraction of sp³-hybridized carbons (Fsp3) is 0.143. The third-order valence-corrected chi connectivity index (χ3v) is 1.22. The molecular weight excluding hydrogens is 128 g/mol. The van der Waals surface area contributed by atoms with Crippen LogP contribution in [-0.4, -0.2) is 11.3 Å².